The molecule has 0 fully saturated rings. The van der Waals surface area contributed by atoms with Gasteiger partial charge in [-0.2, -0.15) is 9.97 Å². The van der Waals surface area contributed by atoms with Crippen molar-refractivity contribution in [3.05, 3.63) is 30.3 Å². The maximum atomic E-state index is 12.0. The Kier molecular flexibility index (Phi) is 4.01. The van der Waals surface area contributed by atoms with Gasteiger partial charge in [0.05, 0.1) is 0 Å². The van der Waals surface area contributed by atoms with Gasteiger partial charge in [-0.3, -0.25) is 0 Å². The molecule has 6 nitrogen and oxygen atoms in total. The summed E-state index contributed by atoms with van der Waals surface area (Å²) in [5.74, 6) is 0.700. The van der Waals surface area contributed by atoms with Gasteiger partial charge >= 0.3 is 6.36 Å². The number of nitrogens with two attached hydrogens (primary N) is 1. The lowest BCUT2D eigenvalue weighted by molar-refractivity contribution is -0.274. The van der Waals surface area contributed by atoms with Crippen molar-refractivity contribution < 1.29 is 17.9 Å². The number of hydrogen-bond acceptors (Lipinski definition) is 6. The van der Waals surface area contributed by atoms with E-state index in [1.165, 1.54) is 24.3 Å². The molecule has 0 spiro atoms. The number of hydrogen-bond donors (Lipinski definition) is 3. The molecule has 0 saturated carbocycles. The Balaban J connectivity index is 2.11. The van der Waals surface area contributed by atoms with Crippen LogP contribution in [-0.2, 0) is 0 Å². The molecule has 2 rings (SSSR count). The smallest absolute Gasteiger partial charge is 0.406 e. The highest BCUT2D eigenvalue weighted by Gasteiger charge is 2.30. The Morgan fingerprint density at radius 3 is 2.29 bits per heavy atom. The number of nitrogen functional groups attached to an aromatic ring is 1. The molecule has 1 aromatic carbocycles. The van der Waals surface area contributed by atoms with Gasteiger partial charge in [0.25, 0.3) is 0 Å². The number of ether oxygens (including phenoxy) is 1. The highest BCUT2D eigenvalue weighted by atomic mass is 19.4. The zero-order valence-electron chi connectivity index (χ0n) is 10.9. The van der Waals surface area contributed by atoms with Gasteiger partial charge in [-0.1, -0.05) is 0 Å². The predicted molar refractivity (Wildman–Crippen MR) is 72.4 cm³/mol. The van der Waals surface area contributed by atoms with Crippen molar-refractivity contribution in [1.82, 2.24) is 9.97 Å². The Morgan fingerprint density at radius 2 is 1.71 bits per heavy atom. The molecule has 4 N–H and O–H groups in total. The van der Waals surface area contributed by atoms with Crippen LogP contribution in [0.2, 0.25) is 0 Å². The van der Waals surface area contributed by atoms with Crippen LogP contribution in [0.5, 0.6) is 5.75 Å². The number of alkyl halides is 3. The largest absolute Gasteiger partial charge is 0.573 e. The summed E-state index contributed by atoms with van der Waals surface area (Å²) in [4.78, 5) is 7.88. The summed E-state index contributed by atoms with van der Waals surface area (Å²) in [7, 11) is 1.68. The van der Waals surface area contributed by atoms with Crippen LogP contribution < -0.4 is 21.1 Å². The Bertz CT molecular complexity index is 615. The van der Waals surface area contributed by atoms with Crippen molar-refractivity contribution in [2.24, 2.45) is 0 Å². The average molecular weight is 299 g/mol. The summed E-state index contributed by atoms with van der Waals surface area (Å²) in [5, 5.41) is 5.71. The maximum absolute atomic E-state index is 12.0. The number of halogens is 3. The minimum Gasteiger partial charge on any atom is -0.406 e. The van der Waals surface area contributed by atoms with Crippen molar-refractivity contribution in [1.29, 1.82) is 0 Å². The van der Waals surface area contributed by atoms with E-state index in [2.05, 4.69) is 25.3 Å². The molecule has 0 saturated heterocycles. The predicted octanol–water partition coefficient (Wildman–Crippen LogP) is 2.74. The van der Waals surface area contributed by atoms with Crippen molar-refractivity contribution in [3.8, 4) is 5.75 Å². The van der Waals surface area contributed by atoms with Crippen molar-refractivity contribution in [2.75, 3.05) is 23.4 Å². The number of benzene rings is 1. The number of anilines is 4. The van der Waals surface area contributed by atoms with Gasteiger partial charge in [-0.25, -0.2) is 0 Å². The first kappa shape index (κ1) is 14.7. The number of nitrogens with zero attached hydrogens (tertiary/aromatic N) is 2. The van der Waals surface area contributed by atoms with E-state index in [0.29, 0.717) is 17.3 Å². The van der Waals surface area contributed by atoms with Crippen LogP contribution in [0.3, 0.4) is 0 Å². The molecule has 9 heteroatoms. The molecule has 1 heterocycles. The third-order valence-electron chi connectivity index (χ3n) is 2.36. The topological polar surface area (TPSA) is 85.1 Å². The van der Waals surface area contributed by atoms with E-state index in [9.17, 15) is 13.2 Å². The van der Waals surface area contributed by atoms with Crippen LogP contribution in [0.15, 0.2) is 30.3 Å². The Morgan fingerprint density at radius 1 is 1.10 bits per heavy atom. The second-order valence-corrected chi connectivity index (χ2v) is 3.94. The number of nitrogens with one attached hydrogen (secondary N) is 2. The third-order valence-corrected chi connectivity index (χ3v) is 2.36. The van der Waals surface area contributed by atoms with Gasteiger partial charge in [0.2, 0.25) is 5.95 Å². The van der Waals surface area contributed by atoms with E-state index in [-0.39, 0.29) is 11.7 Å². The van der Waals surface area contributed by atoms with Crippen LogP contribution in [0.4, 0.5) is 36.4 Å². The molecule has 0 aliphatic heterocycles. The molecule has 21 heavy (non-hydrogen) atoms. The Labute approximate surface area is 118 Å². The van der Waals surface area contributed by atoms with E-state index in [0.717, 1.165) is 0 Å². The quantitative estimate of drug-likeness (QED) is 0.805. The fourth-order valence-corrected chi connectivity index (χ4v) is 1.55. The molecule has 1 aromatic heterocycles. The Hall–Kier alpha value is -2.71. The van der Waals surface area contributed by atoms with Gasteiger partial charge < -0.3 is 21.1 Å². The van der Waals surface area contributed by atoms with Gasteiger partial charge in [-0.05, 0) is 24.3 Å². The summed E-state index contributed by atoms with van der Waals surface area (Å²) in [6.45, 7) is 0. The summed E-state index contributed by atoms with van der Waals surface area (Å²) in [6.07, 6.45) is -4.71. The van der Waals surface area contributed by atoms with Gasteiger partial charge in [0.1, 0.15) is 17.4 Å². The normalized spacial score (nSPS) is 11.0. The summed E-state index contributed by atoms with van der Waals surface area (Å²) < 4.78 is 39.9. The fraction of sp³-hybridized carbons (Fsp3) is 0.167. The average Bonchev–Trinajstić information content (AvgIpc) is 2.38. The van der Waals surface area contributed by atoms with Crippen LogP contribution in [-0.4, -0.2) is 23.4 Å². The van der Waals surface area contributed by atoms with Gasteiger partial charge in [0, 0.05) is 18.8 Å². The molecule has 0 atom stereocenters. The summed E-state index contributed by atoms with van der Waals surface area (Å²) in [5.41, 5.74) is 6.07. The molecule has 0 bridgehead atoms. The molecule has 0 aliphatic rings. The van der Waals surface area contributed by atoms with Crippen molar-refractivity contribution >= 4 is 23.3 Å². The van der Waals surface area contributed by atoms with Crippen LogP contribution in [0, 0.1) is 0 Å². The third kappa shape index (κ3) is 4.41. The molecule has 112 valence electrons. The summed E-state index contributed by atoms with van der Waals surface area (Å²) in [6, 6.07) is 6.85. The molecular weight excluding hydrogens is 287 g/mol. The zero-order chi connectivity index (χ0) is 15.5. The van der Waals surface area contributed by atoms with Crippen LogP contribution in [0.1, 0.15) is 0 Å². The SMILES string of the molecule is CNc1cc(Nc2ccc(OC(F)(F)F)cc2)nc(N)n1. The number of rotatable bonds is 4. The minimum absolute atomic E-state index is 0.0707. The highest BCUT2D eigenvalue weighted by molar-refractivity contribution is 5.61. The van der Waals surface area contributed by atoms with Crippen LogP contribution >= 0.6 is 0 Å². The lowest BCUT2D eigenvalue weighted by atomic mass is 10.3. The first-order valence-electron chi connectivity index (χ1n) is 5.81. The second kappa shape index (κ2) is 5.73. The molecule has 0 radical (unpaired) electrons. The summed E-state index contributed by atoms with van der Waals surface area (Å²) >= 11 is 0. The first-order chi connectivity index (χ1) is 9.85. The lowest BCUT2D eigenvalue weighted by Gasteiger charge is -2.11. The maximum Gasteiger partial charge on any atom is 0.573 e. The van der Waals surface area contributed by atoms with E-state index in [1.807, 2.05) is 0 Å². The fourth-order valence-electron chi connectivity index (χ4n) is 1.55. The van der Waals surface area contributed by atoms with Crippen molar-refractivity contribution in [2.45, 2.75) is 6.36 Å². The van der Waals surface area contributed by atoms with E-state index >= 15 is 0 Å². The molecular formula is C12H12F3N5O. The van der Waals surface area contributed by atoms with Gasteiger partial charge in [-0.15, -0.1) is 13.2 Å². The standard InChI is InChI=1S/C12H12F3N5O/c1-17-9-6-10(20-11(16)19-9)18-7-2-4-8(5-3-7)21-12(13,14)15/h2-6H,1H3,(H4,16,17,18,19,20). The molecule has 2 aromatic rings. The lowest BCUT2D eigenvalue weighted by Crippen LogP contribution is -2.17. The van der Waals surface area contributed by atoms with Crippen molar-refractivity contribution in [3.63, 3.8) is 0 Å². The van der Waals surface area contributed by atoms with Crippen LogP contribution in [0.25, 0.3) is 0 Å². The van der Waals surface area contributed by atoms with E-state index < -0.39 is 6.36 Å². The molecule has 0 amide bonds. The second-order valence-electron chi connectivity index (χ2n) is 3.94. The minimum atomic E-state index is -4.71. The highest BCUT2D eigenvalue weighted by Crippen LogP contribution is 2.25. The van der Waals surface area contributed by atoms with E-state index in [4.69, 9.17) is 5.73 Å². The molecule has 0 aliphatic carbocycles. The zero-order valence-corrected chi connectivity index (χ0v) is 10.9. The first-order valence-corrected chi connectivity index (χ1v) is 5.81. The monoisotopic (exact) mass is 299 g/mol. The van der Waals surface area contributed by atoms with Gasteiger partial charge in [0.15, 0.2) is 0 Å². The van der Waals surface area contributed by atoms with E-state index in [1.54, 1.807) is 13.1 Å². The molecule has 0 unspecified atom stereocenters. The number of aromatic nitrogens is 2.